The van der Waals surface area contributed by atoms with Gasteiger partial charge in [0.05, 0.1) is 21.3 Å². The lowest BCUT2D eigenvalue weighted by Gasteiger charge is -2.28. The number of carbonyl (C=O) groups is 4. The molecule has 0 saturated heterocycles. The molecular formula is C19H25NO8. The highest BCUT2D eigenvalue weighted by Crippen LogP contribution is 2.22. The number of hydrogen-bond acceptors (Lipinski definition) is 8. The number of esters is 3. The first-order chi connectivity index (χ1) is 13.3. The van der Waals surface area contributed by atoms with Crippen LogP contribution in [0.1, 0.15) is 18.6 Å². The predicted octanol–water partition coefficient (Wildman–Crippen LogP) is 0.630. The molecule has 1 rings (SSSR count). The number of methoxy groups -OCH3 is 4. The van der Waals surface area contributed by atoms with Gasteiger partial charge >= 0.3 is 17.9 Å². The maximum Gasteiger partial charge on any atom is 0.328 e. The van der Waals surface area contributed by atoms with E-state index in [-0.39, 0.29) is 0 Å². The zero-order valence-corrected chi connectivity index (χ0v) is 16.5. The van der Waals surface area contributed by atoms with E-state index in [0.29, 0.717) is 5.56 Å². The number of carbonyl (C=O) groups excluding carboxylic acids is 4. The van der Waals surface area contributed by atoms with Gasteiger partial charge in [-0.15, -0.1) is 0 Å². The minimum atomic E-state index is -1.43. The van der Waals surface area contributed by atoms with Crippen LogP contribution in [-0.4, -0.2) is 58.3 Å². The van der Waals surface area contributed by atoms with E-state index < -0.39 is 47.8 Å². The highest BCUT2D eigenvalue weighted by Gasteiger charge is 2.43. The Morgan fingerprint density at radius 1 is 0.821 bits per heavy atom. The number of ether oxygens (including phenoxy) is 4. The molecule has 1 N–H and O–H groups in total. The van der Waals surface area contributed by atoms with Crippen molar-refractivity contribution in [3.8, 4) is 0 Å². The molecule has 154 valence electrons. The van der Waals surface area contributed by atoms with E-state index in [1.54, 1.807) is 30.3 Å². The van der Waals surface area contributed by atoms with E-state index in [2.05, 4.69) is 14.8 Å². The van der Waals surface area contributed by atoms with Gasteiger partial charge < -0.3 is 24.3 Å². The van der Waals surface area contributed by atoms with E-state index >= 15 is 0 Å². The standard InChI is InChI=1S/C19H25NO8/c1-11(13(17(22)26-3)18(23)27-4)14(19(24)28-5)20-16(21)15(25-2)12-9-7-6-8-10-12/h6-11,13-15H,1-5H3,(H,20,21)/t11-,14+,15+/m1/s1. The molecule has 9 heteroatoms. The minimum Gasteiger partial charge on any atom is -0.468 e. The van der Waals surface area contributed by atoms with Crippen LogP contribution >= 0.6 is 0 Å². The van der Waals surface area contributed by atoms with Gasteiger partial charge in [-0.3, -0.25) is 14.4 Å². The molecular weight excluding hydrogens is 370 g/mol. The van der Waals surface area contributed by atoms with E-state index in [1.165, 1.54) is 14.0 Å². The lowest BCUT2D eigenvalue weighted by molar-refractivity contribution is -0.164. The third-order valence-electron chi connectivity index (χ3n) is 4.29. The van der Waals surface area contributed by atoms with E-state index in [4.69, 9.17) is 9.47 Å². The fourth-order valence-electron chi connectivity index (χ4n) is 2.76. The average molecular weight is 395 g/mol. The second-order valence-corrected chi connectivity index (χ2v) is 5.92. The van der Waals surface area contributed by atoms with Gasteiger partial charge in [-0.2, -0.15) is 0 Å². The summed E-state index contributed by atoms with van der Waals surface area (Å²) in [5.41, 5.74) is 0.566. The van der Waals surface area contributed by atoms with Crippen molar-refractivity contribution in [1.82, 2.24) is 5.32 Å². The van der Waals surface area contributed by atoms with E-state index in [0.717, 1.165) is 21.3 Å². The van der Waals surface area contributed by atoms with Crippen LogP contribution in [0.4, 0.5) is 0 Å². The van der Waals surface area contributed by atoms with Gasteiger partial charge in [0.2, 0.25) is 0 Å². The SMILES string of the molecule is COC(=O)C(C(=O)OC)[C@@H](C)[C@H](NC(=O)[C@@H](OC)c1ccccc1)C(=O)OC. The Morgan fingerprint density at radius 2 is 1.32 bits per heavy atom. The van der Waals surface area contributed by atoms with Crippen molar-refractivity contribution in [2.24, 2.45) is 11.8 Å². The van der Waals surface area contributed by atoms with Crippen LogP contribution in [0.25, 0.3) is 0 Å². The summed E-state index contributed by atoms with van der Waals surface area (Å²) in [6.07, 6.45) is -1.00. The highest BCUT2D eigenvalue weighted by atomic mass is 16.5. The third kappa shape index (κ3) is 5.53. The molecule has 0 aliphatic rings. The Hall–Kier alpha value is -2.94. The van der Waals surface area contributed by atoms with Gasteiger partial charge in [-0.05, 0) is 5.56 Å². The average Bonchev–Trinajstić information content (AvgIpc) is 2.72. The van der Waals surface area contributed by atoms with E-state index in [9.17, 15) is 19.2 Å². The molecule has 0 aliphatic carbocycles. The number of benzene rings is 1. The molecule has 0 heterocycles. The Morgan fingerprint density at radius 3 is 1.75 bits per heavy atom. The molecule has 0 unspecified atom stereocenters. The molecule has 0 spiro atoms. The normalized spacial score (nSPS) is 13.8. The van der Waals surface area contributed by atoms with E-state index in [1.807, 2.05) is 0 Å². The summed E-state index contributed by atoms with van der Waals surface area (Å²) in [5, 5.41) is 2.50. The molecule has 1 amide bonds. The predicted molar refractivity (Wildman–Crippen MR) is 96.8 cm³/mol. The van der Waals surface area contributed by atoms with Crippen molar-refractivity contribution in [2.75, 3.05) is 28.4 Å². The smallest absolute Gasteiger partial charge is 0.328 e. The molecule has 1 aromatic carbocycles. The summed E-state index contributed by atoms with van der Waals surface area (Å²) in [4.78, 5) is 49.1. The Bertz CT molecular complexity index is 674. The molecule has 3 atom stereocenters. The molecule has 0 aromatic heterocycles. The zero-order valence-electron chi connectivity index (χ0n) is 16.5. The summed E-state index contributed by atoms with van der Waals surface area (Å²) in [5.74, 6) is -5.70. The Kier molecular flexibility index (Phi) is 9.10. The summed E-state index contributed by atoms with van der Waals surface area (Å²) < 4.78 is 19.2. The van der Waals surface area contributed by atoms with Crippen LogP contribution in [0.15, 0.2) is 30.3 Å². The second-order valence-electron chi connectivity index (χ2n) is 5.92. The van der Waals surface area contributed by atoms with Crippen molar-refractivity contribution >= 4 is 23.8 Å². The van der Waals surface area contributed by atoms with Crippen LogP contribution in [0, 0.1) is 11.8 Å². The fraction of sp³-hybridized carbons (Fsp3) is 0.474. The van der Waals surface area contributed by atoms with Crippen LogP contribution in [0.2, 0.25) is 0 Å². The van der Waals surface area contributed by atoms with Crippen LogP contribution in [0.5, 0.6) is 0 Å². The minimum absolute atomic E-state index is 0.566. The first-order valence-corrected chi connectivity index (χ1v) is 8.43. The Balaban J connectivity index is 3.16. The maximum absolute atomic E-state index is 12.7. The first kappa shape index (κ1) is 23.1. The van der Waals surface area contributed by atoms with Crippen molar-refractivity contribution in [1.29, 1.82) is 0 Å². The summed E-state index contributed by atoms with van der Waals surface area (Å²) >= 11 is 0. The quantitative estimate of drug-likeness (QED) is 0.368. The molecule has 0 bridgehead atoms. The summed E-state index contributed by atoms with van der Waals surface area (Å²) in [6.45, 7) is 1.44. The summed E-state index contributed by atoms with van der Waals surface area (Å²) in [7, 11) is 4.68. The van der Waals surface area contributed by atoms with Crippen molar-refractivity contribution in [3.63, 3.8) is 0 Å². The van der Waals surface area contributed by atoms with Gasteiger partial charge in [0.25, 0.3) is 5.91 Å². The van der Waals surface area contributed by atoms with Gasteiger partial charge in [-0.1, -0.05) is 37.3 Å². The van der Waals surface area contributed by atoms with Crippen LogP contribution in [0.3, 0.4) is 0 Å². The molecule has 9 nitrogen and oxygen atoms in total. The largest absolute Gasteiger partial charge is 0.468 e. The maximum atomic E-state index is 12.7. The number of nitrogens with one attached hydrogen (secondary N) is 1. The second kappa shape index (κ2) is 11.0. The molecule has 0 fully saturated rings. The molecule has 28 heavy (non-hydrogen) atoms. The highest BCUT2D eigenvalue weighted by molar-refractivity contribution is 5.96. The van der Waals surface area contributed by atoms with Gasteiger partial charge in [0, 0.05) is 13.0 Å². The first-order valence-electron chi connectivity index (χ1n) is 8.43. The number of amides is 1. The molecule has 0 saturated carbocycles. The van der Waals surface area contributed by atoms with Crippen molar-refractivity contribution < 1.29 is 38.1 Å². The topological polar surface area (TPSA) is 117 Å². The van der Waals surface area contributed by atoms with Crippen molar-refractivity contribution in [2.45, 2.75) is 19.1 Å². The number of rotatable bonds is 9. The van der Waals surface area contributed by atoms with Gasteiger partial charge in [0.15, 0.2) is 12.0 Å². The third-order valence-corrected chi connectivity index (χ3v) is 4.29. The molecule has 0 radical (unpaired) electrons. The number of hydrogen-bond donors (Lipinski definition) is 1. The molecule has 1 aromatic rings. The van der Waals surface area contributed by atoms with Gasteiger partial charge in [0.1, 0.15) is 6.04 Å². The van der Waals surface area contributed by atoms with Crippen molar-refractivity contribution in [3.05, 3.63) is 35.9 Å². The summed E-state index contributed by atoms with van der Waals surface area (Å²) in [6, 6.07) is 7.32. The Labute approximate surface area is 163 Å². The van der Waals surface area contributed by atoms with Crippen LogP contribution in [-0.2, 0) is 38.1 Å². The lowest BCUT2D eigenvalue weighted by atomic mass is 9.87. The zero-order chi connectivity index (χ0) is 21.3. The lowest BCUT2D eigenvalue weighted by Crippen LogP contribution is -2.52. The van der Waals surface area contributed by atoms with Gasteiger partial charge in [-0.25, -0.2) is 4.79 Å². The van der Waals surface area contributed by atoms with Crippen LogP contribution < -0.4 is 5.32 Å². The fourth-order valence-corrected chi connectivity index (χ4v) is 2.76. The molecule has 0 aliphatic heterocycles. The monoisotopic (exact) mass is 395 g/mol.